The summed E-state index contributed by atoms with van der Waals surface area (Å²) in [7, 11) is 0. The van der Waals surface area contributed by atoms with Gasteiger partial charge < -0.3 is 9.15 Å². The van der Waals surface area contributed by atoms with E-state index >= 15 is 0 Å². The molecule has 4 aromatic rings. The fourth-order valence-corrected chi connectivity index (χ4v) is 4.18. The summed E-state index contributed by atoms with van der Waals surface area (Å²) in [6.07, 6.45) is 1.52. The van der Waals surface area contributed by atoms with Crippen molar-refractivity contribution in [1.29, 1.82) is 0 Å². The van der Waals surface area contributed by atoms with E-state index in [9.17, 15) is 9.59 Å². The lowest BCUT2D eigenvalue weighted by Gasteiger charge is -2.10. The minimum atomic E-state index is -0.421. The van der Waals surface area contributed by atoms with E-state index in [2.05, 4.69) is 17.1 Å². The Balaban J connectivity index is 1.50. The highest BCUT2D eigenvalue weighted by atomic mass is 32.1. The first kappa shape index (κ1) is 20.0. The number of ether oxygens (including phenoxy) is 1. The highest BCUT2D eigenvalue weighted by molar-refractivity contribution is 7.09. The predicted molar refractivity (Wildman–Crippen MR) is 117 cm³/mol. The summed E-state index contributed by atoms with van der Waals surface area (Å²) in [6.45, 7) is 3.85. The Morgan fingerprint density at radius 1 is 1.17 bits per heavy atom. The molecule has 0 amide bonds. The van der Waals surface area contributed by atoms with Gasteiger partial charge in [0.05, 0.1) is 17.1 Å². The van der Waals surface area contributed by atoms with Crippen molar-refractivity contribution in [2.45, 2.75) is 33.1 Å². The van der Waals surface area contributed by atoms with Crippen molar-refractivity contribution in [1.82, 2.24) is 4.98 Å². The van der Waals surface area contributed by atoms with Crippen LogP contribution in [0.3, 0.4) is 0 Å². The summed E-state index contributed by atoms with van der Waals surface area (Å²) in [4.78, 5) is 28.8. The molecule has 0 aliphatic rings. The van der Waals surface area contributed by atoms with Crippen molar-refractivity contribution < 1.29 is 13.9 Å². The van der Waals surface area contributed by atoms with E-state index in [0.717, 1.165) is 27.9 Å². The van der Waals surface area contributed by atoms with Crippen LogP contribution in [0.15, 0.2) is 63.1 Å². The lowest BCUT2D eigenvalue weighted by Crippen LogP contribution is -2.13. The summed E-state index contributed by atoms with van der Waals surface area (Å²) >= 11 is 1.54. The van der Waals surface area contributed by atoms with E-state index in [1.54, 1.807) is 6.07 Å². The maximum absolute atomic E-state index is 12.5. The van der Waals surface area contributed by atoms with Crippen molar-refractivity contribution in [3.63, 3.8) is 0 Å². The zero-order valence-corrected chi connectivity index (χ0v) is 17.6. The molecule has 0 spiro atoms. The van der Waals surface area contributed by atoms with Gasteiger partial charge in [-0.1, -0.05) is 37.3 Å². The number of nitrogens with zero attached hydrogens (tertiary/aromatic N) is 1. The SMILES string of the molecule is CCc1cc2c(C)cc(=O)oc2cc1OC(=O)Cc1csc(Cc2ccccc2)n1. The van der Waals surface area contributed by atoms with Crippen molar-refractivity contribution in [3.05, 3.63) is 91.7 Å². The van der Waals surface area contributed by atoms with E-state index in [1.165, 1.54) is 23.0 Å². The van der Waals surface area contributed by atoms with E-state index in [0.29, 0.717) is 23.4 Å². The van der Waals surface area contributed by atoms with Crippen LogP contribution in [0.25, 0.3) is 11.0 Å². The number of carbonyl (C=O) groups excluding carboxylic acids is 1. The molecule has 2 heterocycles. The largest absolute Gasteiger partial charge is 0.426 e. The average Bonchev–Trinajstić information content (AvgIpc) is 3.14. The van der Waals surface area contributed by atoms with Crippen LogP contribution < -0.4 is 10.4 Å². The van der Waals surface area contributed by atoms with Crippen LogP contribution in [0.1, 0.15) is 34.3 Å². The summed E-state index contributed by atoms with van der Waals surface area (Å²) < 4.78 is 10.9. The van der Waals surface area contributed by atoms with Gasteiger partial charge in [-0.2, -0.15) is 0 Å². The van der Waals surface area contributed by atoms with Crippen LogP contribution in [0.2, 0.25) is 0 Å². The number of fused-ring (bicyclic) bond motifs is 1. The minimum absolute atomic E-state index is 0.0875. The zero-order chi connectivity index (χ0) is 21.1. The second-order valence-corrected chi connectivity index (χ2v) is 8.05. The maximum atomic E-state index is 12.5. The molecule has 0 bridgehead atoms. The van der Waals surface area contributed by atoms with Crippen LogP contribution in [0.4, 0.5) is 0 Å². The molecule has 4 rings (SSSR count). The molecule has 0 aliphatic heterocycles. The fourth-order valence-electron chi connectivity index (χ4n) is 3.35. The standard InChI is InChI=1S/C24H21NO4S/c1-3-17-11-19-15(2)9-23(26)29-21(19)13-20(17)28-24(27)12-18-14-30-22(25-18)10-16-7-5-4-6-8-16/h4-9,11,13-14H,3,10,12H2,1-2H3. The quantitative estimate of drug-likeness (QED) is 0.254. The Hall–Kier alpha value is -3.25. The van der Waals surface area contributed by atoms with Crippen molar-refractivity contribution in [2.75, 3.05) is 0 Å². The first-order chi connectivity index (χ1) is 14.5. The van der Waals surface area contributed by atoms with Crippen LogP contribution in [0.5, 0.6) is 5.75 Å². The molecule has 0 saturated carbocycles. The first-order valence-electron chi connectivity index (χ1n) is 9.77. The molecular weight excluding hydrogens is 398 g/mol. The van der Waals surface area contributed by atoms with E-state index < -0.39 is 11.6 Å². The molecule has 0 atom stereocenters. The van der Waals surface area contributed by atoms with Gasteiger partial charge in [0.25, 0.3) is 0 Å². The number of benzene rings is 2. The number of esters is 1. The molecule has 0 fully saturated rings. The Morgan fingerprint density at radius 2 is 1.97 bits per heavy atom. The van der Waals surface area contributed by atoms with Gasteiger partial charge >= 0.3 is 11.6 Å². The maximum Gasteiger partial charge on any atom is 0.336 e. The summed E-state index contributed by atoms with van der Waals surface area (Å²) in [5.74, 6) is 0.0269. The van der Waals surface area contributed by atoms with Gasteiger partial charge in [0, 0.05) is 29.3 Å². The van der Waals surface area contributed by atoms with E-state index in [-0.39, 0.29) is 6.42 Å². The summed E-state index contributed by atoms with van der Waals surface area (Å²) in [5, 5.41) is 3.70. The molecule has 0 saturated heterocycles. The smallest absolute Gasteiger partial charge is 0.336 e. The van der Waals surface area contributed by atoms with E-state index in [1.807, 2.05) is 43.5 Å². The molecule has 5 nitrogen and oxygen atoms in total. The summed E-state index contributed by atoms with van der Waals surface area (Å²) in [5.41, 5.74) is 3.59. The summed E-state index contributed by atoms with van der Waals surface area (Å²) in [6, 6.07) is 15.1. The second kappa shape index (κ2) is 8.63. The molecule has 152 valence electrons. The second-order valence-electron chi connectivity index (χ2n) is 7.10. The molecular formula is C24H21NO4S. The Bertz CT molecular complexity index is 1260. The molecule has 6 heteroatoms. The van der Waals surface area contributed by atoms with Gasteiger partial charge in [0.1, 0.15) is 11.3 Å². The molecule has 0 aliphatic carbocycles. The fraction of sp³-hybridized carbons (Fsp3) is 0.208. The number of rotatable bonds is 6. The van der Waals surface area contributed by atoms with Gasteiger partial charge in [-0.15, -0.1) is 11.3 Å². The number of hydrogen-bond acceptors (Lipinski definition) is 6. The van der Waals surface area contributed by atoms with Crippen LogP contribution in [0, 0.1) is 6.92 Å². The molecule has 2 aromatic heterocycles. The lowest BCUT2D eigenvalue weighted by atomic mass is 10.1. The predicted octanol–water partition coefficient (Wildman–Crippen LogP) is 4.86. The molecule has 0 radical (unpaired) electrons. The Labute approximate surface area is 178 Å². The number of thiazole rings is 1. The number of aryl methyl sites for hydroxylation is 2. The minimum Gasteiger partial charge on any atom is -0.426 e. The normalized spacial score (nSPS) is 11.0. The highest BCUT2D eigenvalue weighted by Gasteiger charge is 2.15. The monoisotopic (exact) mass is 419 g/mol. The van der Waals surface area contributed by atoms with Crippen LogP contribution in [-0.2, 0) is 24.1 Å². The molecule has 2 aromatic carbocycles. The van der Waals surface area contributed by atoms with Gasteiger partial charge in [0.2, 0.25) is 0 Å². The van der Waals surface area contributed by atoms with Crippen molar-refractivity contribution in [3.8, 4) is 5.75 Å². The van der Waals surface area contributed by atoms with E-state index in [4.69, 9.17) is 9.15 Å². The highest BCUT2D eigenvalue weighted by Crippen LogP contribution is 2.28. The van der Waals surface area contributed by atoms with Crippen molar-refractivity contribution in [2.24, 2.45) is 0 Å². The van der Waals surface area contributed by atoms with Crippen molar-refractivity contribution >= 4 is 28.3 Å². The van der Waals surface area contributed by atoms with Gasteiger partial charge in [0.15, 0.2) is 0 Å². The number of carbonyl (C=O) groups is 1. The molecule has 0 N–H and O–H groups in total. The topological polar surface area (TPSA) is 69.4 Å². The average molecular weight is 420 g/mol. The molecule has 0 unspecified atom stereocenters. The third-order valence-corrected chi connectivity index (χ3v) is 5.76. The number of hydrogen-bond donors (Lipinski definition) is 0. The zero-order valence-electron chi connectivity index (χ0n) is 16.8. The number of aromatic nitrogens is 1. The molecule has 30 heavy (non-hydrogen) atoms. The Morgan fingerprint density at radius 3 is 2.73 bits per heavy atom. The van der Waals surface area contributed by atoms with Gasteiger partial charge in [-0.05, 0) is 36.1 Å². The van der Waals surface area contributed by atoms with Gasteiger partial charge in [-0.3, -0.25) is 4.79 Å². The Kier molecular flexibility index (Phi) is 5.77. The lowest BCUT2D eigenvalue weighted by molar-refractivity contribution is -0.133. The van der Waals surface area contributed by atoms with Crippen LogP contribution in [-0.4, -0.2) is 11.0 Å². The first-order valence-corrected chi connectivity index (χ1v) is 10.6. The third-order valence-electron chi connectivity index (χ3n) is 4.86. The van der Waals surface area contributed by atoms with Gasteiger partial charge in [-0.25, -0.2) is 9.78 Å². The van der Waals surface area contributed by atoms with Crippen LogP contribution >= 0.6 is 11.3 Å². The third kappa shape index (κ3) is 4.49.